The molecule has 0 amide bonds. The minimum absolute atomic E-state index is 0.525. The summed E-state index contributed by atoms with van der Waals surface area (Å²) < 4.78 is 0. The smallest absolute Gasteiger partial charge is 0.160 e. The van der Waals surface area contributed by atoms with Gasteiger partial charge in [-0.05, 0) is 104 Å². The van der Waals surface area contributed by atoms with Crippen LogP contribution in [0.25, 0.3) is 78.3 Å². The highest BCUT2D eigenvalue weighted by atomic mass is 14.9. The van der Waals surface area contributed by atoms with E-state index in [-0.39, 0.29) is 0 Å². The highest BCUT2D eigenvalue weighted by Crippen LogP contribution is 2.65. The van der Waals surface area contributed by atoms with Crippen LogP contribution in [-0.2, 0) is 5.41 Å². The summed E-state index contributed by atoms with van der Waals surface area (Å²) in [5, 5.41) is 0. The van der Waals surface area contributed by atoms with Crippen molar-refractivity contribution in [2.45, 2.75) is 19.3 Å². The van der Waals surface area contributed by atoms with Gasteiger partial charge in [0.15, 0.2) is 5.82 Å². The number of hydrogen-bond acceptors (Lipinski definition) is 3. The molecule has 1 atom stereocenters. The topological polar surface area (TPSA) is 38.7 Å². The summed E-state index contributed by atoms with van der Waals surface area (Å²) in [4.78, 5) is 14.9. The van der Waals surface area contributed by atoms with Gasteiger partial charge in [0, 0.05) is 34.3 Å². The van der Waals surface area contributed by atoms with Gasteiger partial charge in [-0.2, -0.15) is 0 Å². The van der Waals surface area contributed by atoms with Crippen molar-refractivity contribution < 1.29 is 0 Å². The Morgan fingerprint density at radius 3 is 1.58 bits per heavy atom. The summed E-state index contributed by atoms with van der Waals surface area (Å²) in [6, 6.07) is 66.1. The number of fused-ring (bicyclic) bond motifs is 10. The van der Waals surface area contributed by atoms with E-state index in [1.54, 1.807) is 0 Å². The quantitative estimate of drug-likeness (QED) is 0.177. The van der Waals surface area contributed by atoms with Gasteiger partial charge in [0.2, 0.25) is 0 Å². The second kappa shape index (κ2) is 12.9. The second-order valence-corrected chi connectivity index (χ2v) is 15.1. The predicted molar refractivity (Wildman–Crippen MR) is 233 cm³/mol. The van der Waals surface area contributed by atoms with Crippen LogP contribution in [0.4, 0.5) is 0 Å². The van der Waals surface area contributed by atoms with Crippen LogP contribution in [0.1, 0.15) is 33.6 Å². The Morgan fingerprint density at radius 1 is 0.368 bits per heavy atom. The molecule has 0 saturated heterocycles. The van der Waals surface area contributed by atoms with E-state index >= 15 is 0 Å². The standard InChI is InChI=1S/C54H37N3/c1-34-32-50(36-16-4-3-5-17-36)57-53(56-34)45-25-14-30-49-52(45)44-23-9-11-28-47(44)54(49)46-27-10-8-22-43(46)51-42(24-13-29-48(51)54)41-21-7-6-20-40(41)38-19-12-18-37(33-38)39-26-15-31-55-35(39)2/h3-33H,1-2H3. The van der Waals surface area contributed by atoms with Gasteiger partial charge >= 0.3 is 0 Å². The number of aromatic nitrogens is 3. The lowest BCUT2D eigenvalue weighted by molar-refractivity contribution is 0.794. The van der Waals surface area contributed by atoms with E-state index in [9.17, 15) is 0 Å². The Kier molecular flexibility index (Phi) is 7.52. The zero-order valence-electron chi connectivity index (χ0n) is 31.7. The lowest BCUT2D eigenvalue weighted by Crippen LogP contribution is -2.25. The third-order valence-electron chi connectivity index (χ3n) is 12.0. The molecule has 268 valence electrons. The molecule has 9 aromatic rings. The minimum Gasteiger partial charge on any atom is -0.261 e. The fourth-order valence-electron chi connectivity index (χ4n) is 9.71. The van der Waals surface area contributed by atoms with Crippen molar-refractivity contribution in [3.05, 3.63) is 222 Å². The maximum Gasteiger partial charge on any atom is 0.160 e. The fraction of sp³-hybridized carbons (Fsp3) is 0.0556. The summed E-state index contributed by atoms with van der Waals surface area (Å²) in [6.45, 7) is 4.14. The summed E-state index contributed by atoms with van der Waals surface area (Å²) in [5.74, 6) is 0.746. The molecule has 3 heteroatoms. The molecule has 2 aromatic heterocycles. The van der Waals surface area contributed by atoms with Gasteiger partial charge in [-0.3, -0.25) is 4.98 Å². The predicted octanol–water partition coefficient (Wildman–Crippen LogP) is 13.2. The summed E-state index contributed by atoms with van der Waals surface area (Å²) in [6.07, 6.45) is 1.86. The molecule has 7 aromatic carbocycles. The van der Waals surface area contributed by atoms with E-state index in [4.69, 9.17) is 9.97 Å². The molecular weight excluding hydrogens is 691 g/mol. The van der Waals surface area contributed by atoms with Crippen molar-refractivity contribution in [2.24, 2.45) is 0 Å². The van der Waals surface area contributed by atoms with Crippen LogP contribution in [0.2, 0.25) is 0 Å². The average molecular weight is 728 g/mol. The van der Waals surface area contributed by atoms with E-state index in [0.717, 1.165) is 39.6 Å². The van der Waals surface area contributed by atoms with Gasteiger partial charge in [0.05, 0.1) is 11.1 Å². The summed E-state index contributed by atoms with van der Waals surface area (Å²) in [5.41, 5.74) is 21.8. The zero-order valence-corrected chi connectivity index (χ0v) is 31.7. The first-order chi connectivity index (χ1) is 28.1. The Labute approximate surface area is 333 Å². The molecule has 0 N–H and O–H groups in total. The summed E-state index contributed by atoms with van der Waals surface area (Å²) in [7, 11) is 0. The van der Waals surface area contributed by atoms with Crippen molar-refractivity contribution in [3.63, 3.8) is 0 Å². The SMILES string of the molecule is Cc1cc(-c2ccccc2)nc(-c2cccc3c2-c2ccccc2C32c3ccccc3-c3c(-c4ccccc4-c4cccc(-c5cccnc5C)c4)cccc32)n1. The second-order valence-electron chi connectivity index (χ2n) is 15.1. The van der Waals surface area contributed by atoms with Gasteiger partial charge in [-0.15, -0.1) is 0 Å². The van der Waals surface area contributed by atoms with Crippen LogP contribution in [0.3, 0.4) is 0 Å². The Morgan fingerprint density at radius 2 is 0.877 bits per heavy atom. The molecule has 0 saturated carbocycles. The van der Waals surface area contributed by atoms with E-state index in [1.165, 1.54) is 72.3 Å². The van der Waals surface area contributed by atoms with E-state index in [0.29, 0.717) is 0 Å². The van der Waals surface area contributed by atoms with Crippen LogP contribution in [0.15, 0.2) is 188 Å². The monoisotopic (exact) mass is 727 g/mol. The van der Waals surface area contributed by atoms with Crippen LogP contribution in [0, 0.1) is 13.8 Å². The Hall–Kier alpha value is -7.23. The zero-order chi connectivity index (χ0) is 38.1. The third kappa shape index (κ3) is 4.95. The molecule has 1 unspecified atom stereocenters. The number of pyridine rings is 1. The van der Waals surface area contributed by atoms with Gasteiger partial charge in [-0.25, -0.2) is 9.97 Å². The molecule has 2 aliphatic rings. The van der Waals surface area contributed by atoms with Crippen LogP contribution < -0.4 is 0 Å². The maximum atomic E-state index is 5.24. The van der Waals surface area contributed by atoms with Crippen LogP contribution in [-0.4, -0.2) is 15.0 Å². The molecule has 0 radical (unpaired) electrons. The highest BCUT2D eigenvalue weighted by molar-refractivity contribution is 6.04. The van der Waals surface area contributed by atoms with Crippen molar-refractivity contribution in [2.75, 3.05) is 0 Å². The lowest BCUT2D eigenvalue weighted by atomic mass is 9.70. The lowest BCUT2D eigenvalue weighted by Gasteiger charge is -2.30. The minimum atomic E-state index is -0.525. The van der Waals surface area contributed by atoms with Gasteiger partial charge in [0.25, 0.3) is 0 Å². The van der Waals surface area contributed by atoms with E-state index in [1.807, 2.05) is 18.3 Å². The van der Waals surface area contributed by atoms with Gasteiger partial charge in [-0.1, -0.05) is 164 Å². The molecule has 0 fully saturated rings. The molecule has 57 heavy (non-hydrogen) atoms. The number of nitrogens with zero attached hydrogens (tertiary/aromatic N) is 3. The molecular formula is C54H37N3. The molecule has 2 heterocycles. The number of benzene rings is 7. The molecule has 0 bridgehead atoms. The van der Waals surface area contributed by atoms with Crippen molar-refractivity contribution in [1.29, 1.82) is 0 Å². The number of hydrogen-bond donors (Lipinski definition) is 0. The van der Waals surface area contributed by atoms with Crippen molar-refractivity contribution in [3.8, 4) is 78.3 Å². The number of aryl methyl sites for hydroxylation is 2. The molecule has 3 nitrogen and oxygen atoms in total. The normalized spacial score (nSPS) is 14.6. The molecule has 0 aliphatic heterocycles. The first kappa shape index (κ1) is 33.1. The first-order valence-electron chi connectivity index (χ1n) is 19.6. The first-order valence-corrected chi connectivity index (χ1v) is 19.6. The Bertz CT molecular complexity index is 3050. The average Bonchev–Trinajstić information content (AvgIpc) is 3.74. The largest absolute Gasteiger partial charge is 0.261 e. The summed E-state index contributed by atoms with van der Waals surface area (Å²) >= 11 is 0. The van der Waals surface area contributed by atoms with E-state index in [2.05, 4.69) is 189 Å². The van der Waals surface area contributed by atoms with Crippen molar-refractivity contribution in [1.82, 2.24) is 15.0 Å². The van der Waals surface area contributed by atoms with E-state index < -0.39 is 5.41 Å². The molecule has 2 aliphatic carbocycles. The Balaban J connectivity index is 1.15. The maximum absolute atomic E-state index is 5.24. The van der Waals surface area contributed by atoms with Crippen LogP contribution in [0.5, 0.6) is 0 Å². The van der Waals surface area contributed by atoms with Crippen LogP contribution >= 0.6 is 0 Å². The number of rotatable bonds is 5. The fourth-order valence-corrected chi connectivity index (χ4v) is 9.71. The van der Waals surface area contributed by atoms with Gasteiger partial charge < -0.3 is 0 Å². The highest BCUT2D eigenvalue weighted by Gasteiger charge is 2.52. The molecule has 11 rings (SSSR count). The third-order valence-corrected chi connectivity index (χ3v) is 12.0. The van der Waals surface area contributed by atoms with Gasteiger partial charge in [0.1, 0.15) is 0 Å². The van der Waals surface area contributed by atoms with Crippen molar-refractivity contribution >= 4 is 0 Å². The molecule has 1 spiro atoms.